The maximum atomic E-state index is 5.41. The Bertz CT molecular complexity index is 973. The topological polar surface area (TPSA) is 9.23 Å². The van der Waals surface area contributed by atoms with Crippen molar-refractivity contribution in [3.05, 3.63) is 91.0 Å². The Morgan fingerprint density at radius 2 is 1.25 bits per heavy atom. The molecule has 0 heterocycles. The first-order valence-corrected chi connectivity index (χ1v) is 8.08. The lowest BCUT2D eigenvalue weighted by molar-refractivity contribution is 0.415. The Morgan fingerprint density at radius 3 is 1.92 bits per heavy atom. The highest BCUT2D eigenvalue weighted by atomic mass is 16.5. The maximum Gasteiger partial charge on any atom is 0.119 e. The van der Waals surface area contributed by atoms with Crippen molar-refractivity contribution < 1.29 is 4.74 Å². The van der Waals surface area contributed by atoms with E-state index in [2.05, 4.69) is 78.9 Å². The van der Waals surface area contributed by atoms with Crippen molar-refractivity contribution in [2.75, 3.05) is 7.11 Å². The third-order valence-electron chi connectivity index (χ3n) is 4.35. The highest BCUT2D eigenvalue weighted by molar-refractivity contribution is 6.00. The Balaban J connectivity index is 2.02. The van der Waals surface area contributed by atoms with Gasteiger partial charge in [0.1, 0.15) is 5.75 Å². The summed E-state index contributed by atoms with van der Waals surface area (Å²) in [5.74, 6) is 0.881. The lowest BCUT2D eigenvalue weighted by atomic mass is 9.93. The van der Waals surface area contributed by atoms with Crippen LogP contribution < -0.4 is 4.74 Å². The minimum atomic E-state index is 0.881. The number of benzene rings is 4. The summed E-state index contributed by atoms with van der Waals surface area (Å²) in [5, 5.41) is 2.43. The summed E-state index contributed by atoms with van der Waals surface area (Å²) in [5.41, 5.74) is 4.91. The number of rotatable bonds is 3. The number of hydrogen-bond donors (Lipinski definition) is 0. The molecule has 4 aromatic rings. The van der Waals surface area contributed by atoms with Gasteiger partial charge in [0, 0.05) is 0 Å². The van der Waals surface area contributed by atoms with Crippen molar-refractivity contribution >= 4 is 10.8 Å². The fraction of sp³-hybridized carbons (Fsp3) is 0.0435. The fourth-order valence-corrected chi connectivity index (χ4v) is 3.13. The van der Waals surface area contributed by atoms with Crippen LogP contribution in [0, 0.1) is 0 Å². The quantitative estimate of drug-likeness (QED) is 0.439. The monoisotopic (exact) mass is 310 g/mol. The van der Waals surface area contributed by atoms with E-state index in [9.17, 15) is 0 Å². The van der Waals surface area contributed by atoms with Crippen molar-refractivity contribution in [2.45, 2.75) is 0 Å². The average Bonchev–Trinajstić information content (AvgIpc) is 2.68. The van der Waals surface area contributed by atoms with Crippen molar-refractivity contribution in [1.82, 2.24) is 0 Å². The van der Waals surface area contributed by atoms with Gasteiger partial charge in [-0.1, -0.05) is 66.7 Å². The smallest absolute Gasteiger partial charge is 0.119 e. The zero-order valence-corrected chi connectivity index (χ0v) is 13.6. The van der Waals surface area contributed by atoms with E-state index in [0.717, 1.165) is 5.75 Å². The molecule has 4 aromatic carbocycles. The van der Waals surface area contributed by atoms with Crippen molar-refractivity contribution in [3.63, 3.8) is 0 Å². The van der Waals surface area contributed by atoms with E-state index in [0.29, 0.717) is 0 Å². The van der Waals surface area contributed by atoms with Crippen LogP contribution in [0.1, 0.15) is 0 Å². The zero-order valence-electron chi connectivity index (χ0n) is 13.6. The lowest BCUT2D eigenvalue weighted by Crippen LogP contribution is -1.87. The van der Waals surface area contributed by atoms with E-state index in [1.165, 1.54) is 33.0 Å². The molecule has 4 rings (SSSR count). The van der Waals surface area contributed by atoms with Gasteiger partial charge in [0.15, 0.2) is 0 Å². The van der Waals surface area contributed by atoms with Crippen LogP contribution in [0.25, 0.3) is 33.0 Å². The first kappa shape index (κ1) is 14.5. The summed E-state index contributed by atoms with van der Waals surface area (Å²) in [7, 11) is 1.71. The predicted octanol–water partition coefficient (Wildman–Crippen LogP) is 6.18. The van der Waals surface area contributed by atoms with Gasteiger partial charge in [-0.3, -0.25) is 0 Å². The molecule has 0 radical (unpaired) electrons. The Labute approximate surface area is 142 Å². The first-order valence-electron chi connectivity index (χ1n) is 8.08. The molecule has 0 aliphatic heterocycles. The van der Waals surface area contributed by atoms with Crippen LogP contribution in [-0.2, 0) is 0 Å². The van der Waals surface area contributed by atoms with Crippen molar-refractivity contribution in [2.24, 2.45) is 0 Å². The van der Waals surface area contributed by atoms with Crippen LogP contribution in [0.4, 0.5) is 0 Å². The average molecular weight is 310 g/mol. The summed E-state index contributed by atoms with van der Waals surface area (Å²) in [6, 6.07) is 31.8. The molecule has 0 saturated carbocycles. The summed E-state index contributed by atoms with van der Waals surface area (Å²) in [4.78, 5) is 0. The second-order valence-corrected chi connectivity index (χ2v) is 5.84. The van der Waals surface area contributed by atoms with Gasteiger partial charge >= 0.3 is 0 Å². The predicted molar refractivity (Wildman–Crippen MR) is 101 cm³/mol. The molecule has 0 aliphatic rings. The van der Waals surface area contributed by atoms with Crippen molar-refractivity contribution in [1.29, 1.82) is 0 Å². The molecule has 0 bridgehead atoms. The number of fused-ring (bicyclic) bond motifs is 1. The first-order chi connectivity index (χ1) is 11.8. The molecular formula is C23H18O. The molecule has 0 amide bonds. The minimum Gasteiger partial charge on any atom is -0.497 e. The van der Waals surface area contributed by atoms with E-state index < -0.39 is 0 Å². The molecule has 0 aromatic heterocycles. The van der Waals surface area contributed by atoms with E-state index in [4.69, 9.17) is 4.74 Å². The molecular weight excluding hydrogens is 292 g/mol. The fourth-order valence-electron chi connectivity index (χ4n) is 3.13. The molecule has 0 aliphatic carbocycles. The van der Waals surface area contributed by atoms with Gasteiger partial charge in [-0.25, -0.2) is 0 Å². The third-order valence-corrected chi connectivity index (χ3v) is 4.35. The van der Waals surface area contributed by atoms with E-state index in [-0.39, 0.29) is 0 Å². The van der Waals surface area contributed by atoms with Crippen LogP contribution in [-0.4, -0.2) is 7.11 Å². The summed E-state index contributed by atoms with van der Waals surface area (Å²) >= 11 is 0. The standard InChI is InChI=1S/C23H18O/c1-24-21-12-13-22-20(15-21)14-19(17-8-4-2-5-9-17)16-23(22)18-10-6-3-7-11-18/h2-16H,1H3. The molecule has 1 nitrogen and oxygen atoms in total. The molecule has 0 saturated heterocycles. The maximum absolute atomic E-state index is 5.41. The molecule has 0 unspecified atom stereocenters. The van der Waals surface area contributed by atoms with Gasteiger partial charge in [0.25, 0.3) is 0 Å². The SMILES string of the molecule is COc1ccc2c(-c3ccccc3)cc(-c3ccccc3)cc2c1. The molecule has 0 spiro atoms. The van der Waals surface area contributed by atoms with E-state index >= 15 is 0 Å². The highest BCUT2D eigenvalue weighted by Gasteiger charge is 2.09. The summed E-state index contributed by atoms with van der Waals surface area (Å²) in [6.07, 6.45) is 0. The Kier molecular flexibility index (Phi) is 3.76. The Hall–Kier alpha value is -3.06. The van der Waals surface area contributed by atoms with Gasteiger partial charge < -0.3 is 4.74 Å². The number of ether oxygens (including phenoxy) is 1. The second-order valence-electron chi connectivity index (χ2n) is 5.84. The molecule has 0 fully saturated rings. The molecule has 24 heavy (non-hydrogen) atoms. The highest BCUT2D eigenvalue weighted by Crippen LogP contribution is 2.35. The van der Waals surface area contributed by atoms with Crippen LogP contribution >= 0.6 is 0 Å². The van der Waals surface area contributed by atoms with Crippen LogP contribution in [0.5, 0.6) is 5.75 Å². The van der Waals surface area contributed by atoms with Gasteiger partial charge in [-0.15, -0.1) is 0 Å². The number of methoxy groups -OCH3 is 1. The van der Waals surface area contributed by atoms with Gasteiger partial charge in [0.05, 0.1) is 7.11 Å². The van der Waals surface area contributed by atoms with Crippen LogP contribution in [0.15, 0.2) is 91.0 Å². The van der Waals surface area contributed by atoms with Crippen molar-refractivity contribution in [3.8, 4) is 28.0 Å². The normalized spacial score (nSPS) is 10.7. The lowest BCUT2D eigenvalue weighted by Gasteiger charge is -2.12. The summed E-state index contributed by atoms with van der Waals surface area (Å²) in [6.45, 7) is 0. The zero-order chi connectivity index (χ0) is 16.4. The van der Waals surface area contributed by atoms with Gasteiger partial charge in [0.2, 0.25) is 0 Å². The van der Waals surface area contributed by atoms with Gasteiger partial charge in [-0.2, -0.15) is 0 Å². The van der Waals surface area contributed by atoms with Gasteiger partial charge in [-0.05, 0) is 57.3 Å². The molecule has 0 N–H and O–H groups in total. The molecule has 1 heteroatoms. The second kappa shape index (κ2) is 6.21. The third kappa shape index (κ3) is 2.65. The summed E-state index contributed by atoms with van der Waals surface area (Å²) < 4.78 is 5.41. The van der Waals surface area contributed by atoms with Crippen LogP contribution in [0.3, 0.4) is 0 Å². The van der Waals surface area contributed by atoms with E-state index in [1.807, 2.05) is 12.1 Å². The molecule has 116 valence electrons. The Morgan fingerprint density at radius 1 is 0.583 bits per heavy atom. The van der Waals surface area contributed by atoms with E-state index in [1.54, 1.807) is 7.11 Å². The minimum absolute atomic E-state index is 0.881. The van der Waals surface area contributed by atoms with Crippen LogP contribution in [0.2, 0.25) is 0 Å². The molecule has 0 atom stereocenters. The largest absolute Gasteiger partial charge is 0.497 e. The number of hydrogen-bond acceptors (Lipinski definition) is 1.